The Labute approximate surface area is 152 Å². The van der Waals surface area contributed by atoms with Crippen LogP contribution >= 0.6 is 27.3 Å². The summed E-state index contributed by atoms with van der Waals surface area (Å²) >= 11 is 4.95. The Balaban J connectivity index is 1.47. The van der Waals surface area contributed by atoms with Gasteiger partial charge in [-0.05, 0) is 46.6 Å². The molecule has 0 atom stereocenters. The fourth-order valence-corrected chi connectivity index (χ4v) is 4.30. The van der Waals surface area contributed by atoms with Crippen molar-refractivity contribution in [3.63, 3.8) is 0 Å². The van der Waals surface area contributed by atoms with E-state index in [1.807, 2.05) is 4.90 Å². The predicted molar refractivity (Wildman–Crippen MR) is 98.9 cm³/mol. The van der Waals surface area contributed by atoms with Gasteiger partial charge in [-0.1, -0.05) is 23.5 Å². The van der Waals surface area contributed by atoms with E-state index in [-0.39, 0.29) is 5.91 Å². The zero-order valence-corrected chi connectivity index (χ0v) is 15.6. The van der Waals surface area contributed by atoms with E-state index in [0.29, 0.717) is 23.5 Å². The van der Waals surface area contributed by atoms with Crippen molar-refractivity contribution >= 4 is 48.5 Å². The van der Waals surface area contributed by atoms with Crippen LogP contribution in [0.1, 0.15) is 16.1 Å². The highest BCUT2D eigenvalue weighted by molar-refractivity contribution is 9.10. The molecule has 1 amide bonds. The molecule has 1 aliphatic rings. The number of piperazine rings is 1. The quantitative estimate of drug-likeness (QED) is 0.647. The first-order chi connectivity index (χ1) is 11.6. The largest absolute Gasteiger partial charge is 0.444 e. The number of benzene rings is 1. The van der Waals surface area contributed by atoms with E-state index < -0.39 is 0 Å². The van der Waals surface area contributed by atoms with Gasteiger partial charge in [0.1, 0.15) is 0 Å². The van der Waals surface area contributed by atoms with Crippen LogP contribution in [0.5, 0.6) is 0 Å². The fourth-order valence-electron chi connectivity index (χ4n) is 2.90. The van der Waals surface area contributed by atoms with Gasteiger partial charge < -0.3 is 14.2 Å². The Kier molecular flexibility index (Phi) is 4.05. The van der Waals surface area contributed by atoms with Crippen molar-refractivity contribution in [2.45, 2.75) is 6.92 Å². The van der Waals surface area contributed by atoms with Crippen molar-refractivity contribution in [1.82, 2.24) is 9.88 Å². The maximum Gasteiger partial charge on any atom is 0.289 e. The van der Waals surface area contributed by atoms with Gasteiger partial charge in [-0.15, -0.1) is 0 Å². The second-order valence-corrected chi connectivity index (χ2v) is 7.59. The first-order valence-corrected chi connectivity index (χ1v) is 9.38. The highest BCUT2D eigenvalue weighted by atomic mass is 79.9. The van der Waals surface area contributed by atoms with E-state index in [1.54, 1.807) is 23.5 Å². The lowest BCUT2D eigenvalue weighted by Gasteiger charge is -2.34. The molecule has 0 aliphatic carbocycles. The zero-order chi connectivity index (χ0) is 16.7. The van der Waals surface area contributed by atoms with Gasteiger partial charge in [-0.25, -0.2) is 4.98 Å². The van der Waals surface area contributed by atoms with Gasteiger partial charge in [0.25, 0.3) is 5.91 Å². The van der Waals surface area contributed by atoms with Gasteiger partial charge in [0, 0.05) is 26.2 Å². The van der Waals surface area contributed by atoms with Crippen molar-refractivity contribution in [2.75, 3.05) is 31.1 Å². The number of anilines is 1. The van der Waals surface area contributed by atoms with Gasteiger partial charge in [-0.3, -0.25) is 4.79 Å². The van der Waals surface area contributed by atoms with Crippen LogP contribution in [0.15, 0.2) is 39.4 Å². The van der Waals surface area contributed by atoms with E-state index in [4.69, 9.17) is 9.40 Å². The predicted octanol–water partition coefficient (Wildman–Crippen LogP) is 3.92. The van der Waals surface area contributed by atoms with Gasteiger partial charge in [0.15, 0.2) is 15.6 Å². The maximum absolute atomic E-state index is 12.4. The fraction of sp³-hybridized carbons (Fsp3) is 0.294. The molecule has 2 aromatic heterocycles. The Morgan fingerprint density at radius 2 is 2.00 bits per heavy atom. The molecule has 7 heteroatoms. The van der Waals surface area contributed by atoms with Crippen molar-refractivity contribution < 1.29 is 9.21 Å². The van der Waals surface area contributed by atoms with Gasteiger partial charge in [-0.2, -0.15) is 0 Å². The van der Waals surface area contributed by atoms with Crippen LogP contribution in [0.3, 0.4) is 0 Å². The third-order valence-corrected chi connectivity index (χ3v) is 5.74. The summed E-state index contributed by atoms with van der Waals surface area (Å²) in [6.45, 7) is 5.00. The molecule has 1 saturated heterocycles. The second-order valence-electron chi connectivity index (χ2n) is 5.80. The molecular formula is C17H16BrN3O2S. The minimum absolute atomic E-state index is 0.0551. The Morgan fingerprint density at radius 1 is 1.21 bits per heavy atom. The summed E-state index contributed by atoms with van der Waals surface area (Å²) in [6.07, 6.45) is 0. The molecule has 5 nitrogen and oxygen atoms in total. The number of nitrogens with zero attached hydrogens (tertiary/aromatic N) is 3. The van der Waals surface area contributed by atoms with Crippen LogP contribution in [0.4, 0.5) is 5.13 Å². The molecule has 0 N–H and O–H groups in total. The molecule has 0 bridgehead atoms. The normalized spacial score (nSPS) is 15.2. The van der Waals surface area contributed by atoms with Crippen LogP contribution in [-0.2, 0) is 0 Å². The second kappa shape index (κ2) is 6.22. The summed E-state index contributed by atoms with van der Waals surface area (Å²) < 4.78 is 7.15. The molecule has 24 heavy (non-hydrogen) atoms. The lowest BCUT2D eigenvalue weighted by molar-refractivity contribution is 0.0713. The molecule has 1 fully saturated rings. The molecule has 0 saturated carbocycles. The van der Waals surface area contributed by atoms with Crippen LogP contribution in [-0.4, -0.2) is 42.0 Å². The molecule has 1 aromatic carbocycles. The van der Waals surface area contributed by atoms with E-state index in [1.165, 1.54) is 10.3 Å². The molecule has 3 heterocycles. The Bertz CT molecular complexity index is 896. The molecular weight excluding hydrogens is 390 g/mol. The topological polar surface area (TPSA) is 49.6 Å². The minimum Gasteiger partial charge on any atom is -0.444 e. The highest BCUT2D eigenvalue weighted by Crippen LogP contribution is 2.31. The molecule has 0 unspecified atom stereocenters. The van der Waals surface area contributed by atoms with Gasteiger partial charge in [0.2, 0.25) is 0 Å². The molecule has 3 aromatic rings. The van der Waals surface area contributed by atoms with Crippen molar-refractivity contribution in [1.29, 1.82) is 0 Å². The van der Waals surface area contributed by atoms with Gasteiger partial charge >= 0.3 is 0 Å². The zero-order valence-electron chi connectivity index (χ0n) is 13.2. The number of fused-ring (bicyclic) bond motifs is 1. The average molecular weight is 406 g/mol. The van der Waals surface area contributed by atoms with E-state index in [9.17, 15) is 4.79 Å². The van der Waals surface area contributed by atoms with Crippen LogP contribution in [0.2, 0.25) is 0 Å². The number of halogens is 1. The molecule has 1 aliphatic heterocycles. The third kappa shape index (κ3) is 2.82. The molecule has 0 radical (unpaired) electrons. The number of aromatic nitrogens is 1. The van der Waals surface area contributed by atoms with Crippen LogP contribution < -0.4 is 4.90 Å². The lowest BCUT2D eigenvalue weighted by atomic mass is 10.2. The number of para-hydroxylation sites is 1. The first kappa shape index (κ1) is 15.7. The number of thiazole rings is 1. The van der Waals surface area contributed by atoms with Crippen molar-refractivity contribution in [2.24, 2.45) is 0 Å². The lowest BCUT2D eigenvalue weighted by Crippen LogP contribution is -2.48. The smallest absolute Gasteiger partial charge is 0.289 e. The van der Waals surface area contributed by atoms with Crippen molar-refractivity contribution in [3.05, 3.63) is 46.3 Å². The number of aryl methyl sites for hydroxylation is 1. The van der Waals surface area contributed by atoms with E-state index >= 15 is 0 Å². The number of hydrogen-bond donors (Lipinski definition) is 0. The summed E-state index contributed by atoms with van der Waals surface area (Å²) in [5, 5.41) is 1.03. The minimum atomic E-state index is -0.0551. The monoisotopic (exact) mass is 405 g/mol. The van der Waals surface area contributed by atoms with E-state index in [0.717, 1.165) is 23.7 Å². The van der Waals surface area contributed by atoms with Crippen LogP contribution in [0.25, 0.3) is 10.2 Å². The number of amides is 1. The molecule has 0 spiro atoms. The summed E-state index contributed by atoms with van der Waals surface area (Å²) in [7, 11) is 0. The van der Waals surface area contributed by atoms with E-state index in [2.05, 4.69) is 46.0 Å². The van der Waals surface area contributed by atoms with Crippen molar-refractivity contribution in [3.8, 4) is 0 Å². The third-order valence-electron chi connectivity index (χ3n) is 4.23. The average Bonchev–Trinajstić information content (AvgIpc) is 3.21. The Morgan fingerprint density at radius 3 is 2.67 bits per heavy atom. The standard InChI is InChI=1S/C17H16BrN3O2S/c1-11-3-2-4-13-15(11)19-17(24-13)21-9-7-20(8-10-21)16(22)12-5-6-14(18)23-12/h2-6H,7-10H2,1H3. The summed E-state index contributed by atoms with van der Waals surface area (Å²) in [5.41, 5.74) is 2.28. The first-order valence-electron chi connectivity index (χ1n) is 7.77. The number of carbonyl (C=O) groups is 1. The SMILES string of the molecule is Cc1cccc2sc(N3CCN(C(=O)c4ccc(Br)o4)CC3)nc12. The molecule has 4 rings (SSSR count). The number of furan rings is 1. The maximum atomic E-state index is 12.4. The summed E-state index contributed by atoms with van der Waals surface area (Å²) in [6, 6.07) is 9.71. The molecule has 124 valence electrons. The number of hydrogen-bond acceptors (Lipinski definition) is 5. The number of carbonyl (C=O) groups excluding carboxylic acids is 1. The highest BCUT2D eigenvalue weighted by Gasteiger charge is 2.25. The number of rotatable bonds is 2. The summed E-state index contributed by atoms with van der Waals surface area (Å²) in [4.78, 5) is 21.3. The van der Waals surface area contributed by atoms with Gasteiger partial charge in [0.05, 0.1) is 10.2 Å². The van der Waals surface area contributed by atoms with Crippen LogP contribution in [0, 0.1) is 6.92 Å². The Hall–Kier alpha value is -1.86. The summed E-state index contributed by atoms with van der Waals surface area (Å²) in [5.74, 6) is 0.325.